The molecule has 0 aromatic carbocycles. The number of rotatable bonds is 4. The van der Waals surface area contributed by atoms with E-state index in [1.807, 2.05) is 44.5 Å². The summed E-state index contributed by atoms with van der Waals surface area (Å²) in [4.78, 5) is 12.1. The van der Waals surface area contributed by atoms with Crippen molar-refractivity contribution in [2.24, 2.45) is 5.41 Å². The zero-order valence-electron chi connectivity index (χ0n) is 9.74. The van der Waals surface area contributed by atoms with Gasteiger partial charge in [0.05, 0.1) is 0 Å². The smallest absolute Gasteiger partial charge is 0.192 e. The maximum Gasteiger partial charge on any atom is 0.192 e. The van der Waals surface area contributed by atoms with Crippen molar-refractivity contribution in [1.82, 2.24) is 0 Å². The van der Waals surface area contributed by atoms with E-state index in [0.717, 1.165) is 5.56 Å². The molecule has 15 heavy (non-hydrogen) atoms. The maximum absolute atomic E-state index is 12.1. The third-order valence-electron chi connectivity index (χ3n) is 2.16. The second-order valence-electron chi connectivity index (χ2n) is 4.58. The first-order valence-corrected chi connectivity index (χ1v) is 6.09. The summed E-state index contributed by atoms with van der Waals surface area (Å²) in [5, 5.41) is 3.79. The van der Waals surface area contributed by atoms with Gasteiger partial charge in [-0.1, -0.05) is 20.8 Å². The molecular weight excluding hydrogens is 208 g/mol. The van der Waals surface area contributed by atoms with Crippen molar-refractivity contribution >= 4 is 17.1 Å². The van der Waals surface area contributed by atoms with Crippen LogP contribution in [0.1, 0.15) is 38.1 Å². The number of carbonyl (C=O) groups excluding carboxylic acids is 1. The molecule has 0 saturated carbocycles. The zero-order chi connectivity index (χ0) is 11.5. The Morgan fingerprint density at radius 2 is 2.20 bits per heavy atom. The highest BCUT2D eigenvalue weighted by molar-refractivity contribution is 7.08. The van der Waals surface area contributed by atoms with E-state index in [1.54, 1.807) is 0 Å². The number of carbonyl (C=O) groups is 1. The van der Waals surface area contributed by atoms with Gasteiger partial charge in [-0.15, -0.1) is 0 Å². The second kappa shape index (κ2) is 4.90. The Bertz CT molecular complexity index is 309. The Morgan fingerprint density at radius 1 is 1.53 bits per heavy atom. The van der Waals surface area contributed by atoms with Crippen LogP contribution in [0.3, 0.4) is 0 Å². The monoisotopic (exact) mass is 226 g/mol. The lowest BCUT2D eigenvalue weighted by Gasteiger charge is -2.28. The minimum Gasteiger partial charge on any atom is -0.370 e. The minimum atomic E-state index is -0.350. The van der Waals surface area contributed by atoms with E-state index in [-0.39, 0.29) is 17.3 Å². The largest absolute Gasteiger partial charge is 0.370 e. The number of hydrogen-bond donors (Lipinski definition) is 0. The Hall–Kier alpha value is -0.670. The Balaban J connectivity index is 2.86. The zero-order valence-corrected chi connectivity index (χ0v) is 10.6. The second-order valence-corrected chi connectivity index (χ2v) is 5.36. The number of Topliss-reactive ketones (excluding diaryl/α,β-unsaturated/α-hetero) is 1. The molecule has 2 nitrogen and oxygen atoms in total. The van der Waals surface area contributed by atoms with Crippen LogP contribution < -0.4 is 0 Å². The van der Waals surface area contributed by atoms with E-state index >= 15 is 0 Å². The number of hydrogen-bond acceptors (Lipinski definition) is 3. The summed E-state index contributed by atoms with van der Waals surface area (Å²) in [5.41, 5.74) is 0.600. The molecule has 0 spiro atoms. The molecule has 1 heterocycles. The van der Waals surface area contributed by atoms with Crippen molar-refractivity contribution in [3.63, 3.8) is 0 Å². The lowest BCUT2D eigenvalue weighted by Crippen LogP contribution is -2.37. The minimum absolute atomic E-state index is 0.0885. The summed E-state index contributed by atoms with van der Waals surface area (Å²) in [7, 11) is 0. The summed E-state index contributed by atoms with van der Waals surface area (Å²) in [6, 6.07) is 1.85. The van der Waals surface area contributed by atoms with Gasteiger partial charge in [-0.2, -0.15) is 11.3 Å². The third kappa shape index (κ3) is 3.14. The molecule has 0 fully saturated rings. The van der Waals surface area contributed by atoms with E-state index < -0.39 is 0 Å². The molecule has 1 unspecified atom stereocenters. The molecule has 0 saturated heterocycles. The Morgan fingerprint density at radius 3 is 2.60 bits per heavy atom. The first-order valence-electron chi connectivity index (χ1n) is 5.15. The van der Waals surface area contributed by atoms with Crippen LogP contribution in [0.4, 0.5) is 0 Å². The highest BCUT2D eigenvalue weighted by Crippen LogP contribution is 2.26. The Labute approximate surface area is 95.3 Å². The summed E-state index contributed by atoms with van der Waals surface area (Å²) in [6.45, 7) is 8.56. The fourth-order valence-corrected chi connectivity index (χ4v) is 2.09. The standard InChI is InChI=1S/C12H18O2S/c1-5-14-11(12(2,3)4)10(13)9-6-7-15-8-9/h6-8,11H,5H2,1-4H3. The highest BCUT2D eigenvalue weighted by Gasteiger charge is 2.32. The van der Waals surface area contributed by atoms with E-state index in [2.05, 4.69) is 0 Å². The molecular formula is C12H18O2S. The first kappa shape index (κ1) is 12.4. The van der Waals surface area contributed by atoms with Gasteiger partial charge in [0.25, 0.3) is 0 Å². The molecule has 3 heteroatoms. The molecule has 0 aliphatic heterocycles. The van der Waals surface area contributed by atoms with E-state index in [1.165, 1.54) is 11.3 Å². The fourth-order valence-electron chi connectivity index (χ4n) is 1.44. The molecule has 1 aromatic heterocycles. The summed E-state index contributed by atoms with van der Waals surface area (Å²) in [6.07, 6.45) is -0.350. The SMILES string of the molecule is CCOC(C(=O)c1ccsc1)C(C)(C)C. The lowest BCUT2D eigenvalue weighted by atomic mass is 9.85. The van der Waals surface area contributed by atoms with Crippen LogP contribution in [0.2, 0.25) is 0 Å². The van der Waals surface area contributed by atoms with Gasteiger partial charge in [-0.05, 0) is 23.8 Å². The normalized spacial score (nSPS) is 13.9. The average Bonchev–Trinajstić information content (AvgIpc) is 2.63. The molecule has 1 atom stereocenters. The van der Waals surface area contributed by atoms with Crippen molar-refractivity contribution in [3.8, 4) is 0 Å². The van der Waals surface area contributed by atoms with Crippen LogP contribution in [-0.2, 0) is 4.74 Å². The number of ether oxygens (including phenoxy) is 1. The molecule has 0 amide bonds. The van der Waals surface area contributed by atoms with Gasteiger partial charge >= 0.3 is 0 Å². The summed E-state index contributed by atoms with van der Waals surface area (Å²) < 4.78 is 5.55. The van der Waals surface area contributed by atoms with Crippen LogP contribution in [0.15, 0.2) is 16.8 Å². The predicted octanol–water partition coefficient (Wildman–Crippen LogP) is 3.38. The summed E-state index contributed by atoms with van der Waals surface area (Å²) in [5.74, 6) is 0.0885. The molecule has 0 radical (unpaired) electrons. The highest BCUT2D eigenvalue weighted by atomic mass is 32.1. The van der Waals surface area contributed by atoms with E-state index in [9.17, 15) is 4.79 Å². The molecule has 0 N–H and O–H groups in total. The van der Waals surface area contributed by atoms with Crippen molar-refractivity contribution in [2.75, 3.05) is 6.61 Å². The average molecular weight is 226 g/mol. The van der Waals surface area contributed by atoms with Crippen molar-refractivity contribution in [3.05, 3.63) is 22.4 Å². The van der Waals surface area contributed by atoms with E-state index in [4.69, 9.17) is 4.74 Å². The predicted molar refractivity (Wildman–Crippen MR) is 63.5 cm³/mol. The van der Waals surface area contributed by atoms with Gasteiger partial charge < -0.3 is 4.74 Å². The molecule has 84 valence electrons. The van der Waals surface area contributed by atoms with Crippen LogP contribution in [0.5, 0.6) is 0 Å². The van der Waals surface area contributed by atoms with Gasteiger partial charge in [0, 0.05) is 17.6 Å². The van der Waals surface area contributed by atoms with Gasteiger partial charge in [-0.25, -0.2) is 0 Å². The van der Waals surface area contributed by atoms with Gasteiger partial charge in [0.15, 0.2) is 5.78 Å². The molecule has 1 aromatic rings. The van der Waals surface area contributed by atoms with Crippen molar-refractivity contribution in [2.45, 2.75) is 33.8 Å². The first-order chi connectivity index (χ1) is 6.96. The van der Waals surface area contributed by atoms with Crippen LogP contribution >= 0.6 is 11.3 Å². The molecule has 0 aliphatic carbocycles. The van der Waals surface area contributed by atoms with Crippen LogP contribution in [0.25, 0.3) is 0 Å². The third-order valence-corrected chi connectivity index (χ3v) is 2.85. The van der Waals surface area contributed by atoms with Crippen LogP contribution in [0, 0.1) is 5.41 Å². The topological polar surface area (TPSA) is 26.3 Å². The van der Waals surface area contributed by atoms with E-state index in [0.29, 0.717) is 6.61 Å². The van der Waals surface area contributed by atoms with Gasteiger partial charge in [0.1, 0.15) is 6.10 Å². The molecule has 0 bridgehead atoms. The Kier molecular flexibility index (Phi) is 4.05. The lowest BCUT2D eigenvalue weighted by molar-refractivity contribution is -0.000185. The number of thiophene rings is 1. The number of ketones is 1. The fraction of sp³-hybridized carbons (Fsp3) is 0.583. The van der Waals surface area contributed by atoms with Crippen LogP contribution in [-0.4, -0.2) is 18.5 Å². The van der Waals surface area contributed by atoms with Gasteiger partial charge in [-0.3, -0.25) is 4.79 Å². The van der Waals surface area contributed by atoms with Gasteiger partial charge in [0.2, 0.25) is 0 Å². The van der Waals surface area contributed by atoms with Crippen molar-refractivity contribution < 1.29 is 9.53 Å². The quantitative estimate of drug-likeness (QED) is 0.736. The van der Waals surface area contributed by atoms with Crippen molar-refractivity contribution in [1.29, 1.82) is 0 Å². The summed E-state index contributed by atoms with van der Waals surface area (Å²) >= 11 is 1.54. The molecule has 1 rings (SSSR count). The molecule has 0 aliphatic rings. The maximum atomic E-state index is 12.1.